The van der Waals surface area contributed by atoms with Crippen LogP contribution < -0.4 is 5.73 Å². The van der Waals surface area contributed by atoms with E-state index in [1.54, 1.807) is 14.0 Å². The Morgan fingerprint density at radius 3 is 2.45 bits per heavy atom. The number of rotatable bonds is 3. The molecular weight excluding hydrogens is 274 g/mol. The van der Waals surface area contributed by atoms with E-state index in [2.05, 4.69) is 5.10 Å². The number of nitrogen functional groups attached to an aromatic ring is 1. The van der Waals surface area contributed by atoms with Gasteiger partial charge in [0.15, 0.2) is 9.84 Å². The molecule has 2 aromatic rings. The third-order valence-electron chi connectivity index (χ3n) is 3.56. The lowest BCUT2D eigenvalue weighted by atomic mass is 9.99. The van der Waals surface area contributed by atoms with Crippen molar-refractivity contribution in [3.63, 3.8) is 0 Å². The Balaban J connectivity index is 2.74. The molecule has 1 aromatic carbocycles. The first-order valence-corrected chi connectivity index (χ1v) is 8.26. The number of anilines is 1. The third kappa shape index (κ3) is 2.43. The average molecular weight is 293 g/mol. The molecule has 0 aliphatic rings. The lowest BCUT2D eigenvalue weighted by Gasteiger charge is -2.11. The Labute approximate surface area is 119 Å². The minimum Gasteiger partial charge on any atom is -0.383 e. The number of nitrogens with two attached hydrogens (primary N) is 1. The maximum Gasteiger partial charge on any atom is 0.155 e. The second-order valence-corrected chi connectivity index (χ2v) is 7.42. The Kier molecular flexibility index (Phi) is 3.60. The van der Waals surface area contributed by atoms with Gasteiger partial charge in [0.25, 0.3) is 0 Å². The number of hydrogen-bond acceptors (Lipinski definition) is 4. The molecule has 2 rings (SSSR count). The zero-order valence-corrected chi connectivity index (χ0v) is 12.9. The van der Waals surface area contributed by atoms with Crippen LogP contribution >= 0.6 is 0 Å². The molecule has 0 aliphatic carbocycles. The van der Waals surface area contributed by atoms with Crippen molar-refractivity contribution in [3.8, 4) is 11.1 Å². The van der Waals surface area contributed by atoms with Crippen molar-refractivity contribution >= 4 is 15.7 Å². The molecule has 1 atom stereocenters. The molecule has 0 amide bonds. The summed E-state index contributed by atoms with van der Waals surface area (Å²) in [5.74, 6) is 0.477. The summed E-state index contributed by atoms with van der Waals surface area (Å²) in [6.45, 7) is 3.61. The maximum atomic E-state index is 11.8. The van der Waals surface area contributed by atoms with Gasteiger partial charge in [-0.2, -0.15) is 5.10 Å². The predicted octanol–water partition coefficient (Wildman–Crippen LogP) is 2.08. The van der Waals surface area contributed by atoms with E-state index in [0.717, 1.165) is 11.1 Å². The predicted molar refractivity (Wildman–Crippen MR) is 81.1 cm³/mol. The fourth-order valence-corrected chi connectivity index (χ4v) is 2.75. The quantitative estimate of drug-likeness (QED) is 0.940. The fraction of sp³-hybridized carbons (Fsp3) is 0.357. The van der Waals surface area contributed by atoms with E-state index in [-0.39, 0.29) is 0 Å². The van der Waals surface area contributed by atoms with Gasteiger partial charge in [-0.25, -0.2) is 8.42 Å². The molecule has 5 nitrogen and oxygen atoms in total. The summed E-state index contributed by atoms with van der Waals surface area (Å²) in [7, 11) is -1.52. The van der Waals surface area contributed by atoms with Gasteiger partial charge in [-0.15, -0.1) is 0 Å². The number of benzene rings is 1. The maximum absolute atomic E-state index is 11.8. The normalized spacial score (nSPS) is 13.4. The largest absolute Gasteiger partial charge is 0.383 e. The van der Waals surface area contributed by atoms with Crippen LogP contribution in [0.15, 0.2) is 24.3 Å². The minimum atomic E-state index is -3.23. The molecule has 1 unspecified atom stereocenters. The summed E-state index contributed by atoms with van der Waals surface area (Å²) < 4.78 is 25.2. The van der Waals surface area contributed by atoms with E-state index in [9.17, 15) is 8.42 Å². The van der Waals surface area contributed by atoms with Crippen LogP contribution in [0.3, 0.4) is 0 Å². The van der Waals surface area contributed by atoms with Gasteiger partial charge < -0.3 is 5.73 Å². The number of hydrogen-bond donors (Lipinski definition) is 1. The molecule has 0 fully saturated rings. The molecule has 0 bridgehead atoms. The van der Waals surface area contributed by atoms with Crippen molar-refractivity contribution in [3.05, 3.63) is 35.5 Å². The summed E-state index contributed by atoms with van der Waals surface area (Å²) in [5.41, 5.74) is 9.26. The molecule has 20 heavy (non-hydrogen) atoms. The molecule has 108 valence electrons. The lowest BCUT2D eigenvalue weighted by Crippen LogP contribution is -2.09. The number of aryl methyl sites for hydroxylation is 2. The first-order chi connectivity index (χ1) is 9.23. The molecular formula is C14H19N3O2S. The van der Waals surface area contributed by atoms with Gasteiger partial charge in [-0.1, -0.05) is 24.3 Å². The van der Waals surface area contributed by atoms with Gasteiger partial charge in [0, 0.05) is 18.9 Å². The van der Waals surface area contributed by atoms with Crippen LogP contribution in [0.5, 0.6) is 0 Å². The zero-order chi connectivity index (χ0) is 15.1. The highest BCUT2D eigenvalue weighted by molar-refractivity contribution is 7.90. The Morgan fingerprint density at radius 2 is 1.90 bits per heavy atom. The highest BCUT2D eigenvalue weighted by Gasteiger charge is 2.27. The molecule has 0 radical (unpaired) electrons. The molecule has 0 aliphatic heterocycles. The van der Waals surface area contributed by atoms with Gasteiger partial charge in [-0.05, 0) is 25.0 Å². The van der Waals surface area contributed by atoms with E-state index in [1.807, 2.05) is 31.2 Å². The van der Waals surface area contributed by atoms with Crippen molar-refractivity contribution in [1.82, 2.24) is 9.78 Å². The highest BCUT2D eigenvalue weighted by atomic mass is 32.2. The van der Waals surface area contributed by atoms with E-state index in [0.29, 0.717) is 17.1 Å². The van der Waals surface area contributed by atoms with Crippen LogP contribution in [-0.2, 0) is 16.9 Å². The monoisotopic (exact) mass is 293 g/mol. The molecule has 0 saturated heterocycles. The standard InChI is InChI=1S/C14H19N3O2S/c1-9-7-5-6-8-11(9)12-13(10(2)20(4,18)19)16-17(3)14(12)15/h5-8,10H,15H2,1-4H3. The van der Waals surface area contributed by atoms with Gasteiger partial charge in [0.1, 0.15) is 11.1 Å². The van der Waals surface area contributed by atoms with E-state index in [1.165, 1.54) is 10.9 Å². The van der Waals surface area contributed by atoms with Crippen LogP contribution in [0, 0.1) is 6.92 Å². The summed E-state index contributed by atoms with van der Waals surface area (Å²) in [6.07, 6.45) is 1.21. The molecule has 2 N–H and O–H groups in total. The SMILES string of the molecule is Cc1ccccc1-c1c(C(C)S(C)(=O)=O)nn(C)c1N. The Bertz CT molecular complexity index is 748. The highest BCUT2D eigenvalue weighted by Crippen LogP contribution is 2.36. The van der Waals surface area contributed by atoms with Crippen LogP contribution in [0.4, 0.5) is 5.82 Å². The smallest absolute Gasteiger partial charge is 0.155 e. The molecule has 1 aromatic heterocycles. The Hall–Kier alpha value is -1.82. The van der Waals surface area contributed by atoms with Crippen molar-refractivity contribution in [2.45, 2.75) is 19.1 Å². The second kappa shape index (κ2) is 4.94. The van der Waals surface area contributed by atoms with Crippen molar-refractivity contribution in [2.24, 2.45) is 7.05 Å². The molecule has 6 heteroatoms. The summed E-state index contributed by atoms with van der Waals surface area (Å²) >= 11 is 0. The molecule has 1 heterocycles. The van der Waals surface area contributed by atoms with Crippen molar-refractivity contribution < 1.29 is 8.42 Å². The number of nitrogens with zero attached hydrogens (tertiary/aromatic N) is 2. The fourth-order valence-electron chi connectivity index (χ4n) is 2.18. The summed E-state index contributed by atoms with van der Waals surface area (Å²) in [5, 5.41) is 3.61. The summed E-state index contributed by atoms with van der Waals surface area (Å²) in [4.78, 5) is 0. The van der Waals surface area contributed by atoms with Crippen LogP contribution in [-0.4, -0.2) is 24.5 Å². The topological polar surface area (TPSA) is 78.0 Å². The number of aromatic nitrogens is 2. The van der Waals surface area contributed by atoms with Crippen molar-refractivity contribution in [2.75, 3.05) is 12.0 Å². The first-order valence-electron chi connectivity index (χ1n) is 6.30. The number of sulfone groups is 1. The van der Waals surface area contributed by atoms with Gasteiger partial charge in [-0.3, -0.25) is 4.68 Å². The second-order valence-electron chi connectivity index (χ2n) is 5.06. The van der Waals surface area contributed by atoms with E-state index in [4.69, 9.17) is 5.73 Å². The van der Waals surface area contributed by atoms with Crippen molar-refractivity contribution in [1.29, 1.82) is 0 Å². The molecule has 0 saturated carbocycles. The minimum absolute atomic E-state index is 0.477. The Morgan fingerprint density at radius 1 is 1.30 bits per heavy atom. The van der Waals surface area contributed by atoms with Gasteiger partial charge in [0.05, 0.1) is 5.69 Å². The van der Waals surface area contributed by atoms with Gasteiger partial charge in [0.2, 0.25) is 0 Å². The zero-order valence-electron chi connectivity index (χ0n) is 12.1. The molecule has 0 spiro atoms. The van der Waals surface area contributed by atoms with Crippen LogP contribution in [0.2, 0.25) is 0 Å². The van der Waals surface area contributed by atoms with E-state index < -0.39 is 15.1 Å². The van der Waals surface area contributed by atoms with Gasteiger partial charge >= 0.3 is 0 Å². The van der Waals surface area contributed by atoms with Crippen LogP contribution in [0.25, 0.3) is 11.1 Å². The van der Waals surface area contributed by atoms with Crippen LogP contribution in [0.1, 0.15) is 23.4 Å². The van der Waals surface area contributed by atoms with E-state index >= 15 is 0 Å². The third-order valence-corrected chi connectivity index (χ3v) is 5.07. The lowest BCUT2D eigenvalue weighted by molar-refractivity contribution is 0.589. The first kappa shape index (κ1) is 14.6. The summed E-state index contributed by atoms with van der Waals surface area (Å²) in [6, 6.07) is 7.74. The average Bonchev–Trinajstić information content (AvgIpc) is 2.65.